The van der Waals surface area contributed by atoms with Gasteiger partial charge >= 0.3 is 0 Å². The highest BCUT2D eigenvalue weighted by molar-refractivity contribution is 7.92. The second-order valence-corrected chi connectivity index (χ2v) is 10.4. The fourth-order valence-electron chi connectivity index (χ4n) is 2.99. The summed E-state index contributed by atoms with van der Waals surface area (Å²) in [7, 11) is -3.16. The summed E-state index contributed by atoms with van der Waals surface area (Å²) in [6.45, 7) is 11.1. The standard InChI is InChI=1S/C17H33N3O4S/c1-5-18-16(19-8-12-25(21,22)17(2,3)4)20-9-11-24-15(13-20)14-7-6-10-23-14/h14-15H,5-13H2,1-4H3,(H,18,19). The lowest BCUT2D eigenvalue weighted by Gasteiger charge is -2.37. The molecule has 0 aromatic heterocycles. The van der Waals surface area contributed by atoms with Crippen LogP contribution in [0.15, 0.2) is 4.99 Å². The predicted octanol–water partition coefficient (Wildman–Crippen LogP) is 1.05. The first-order valence-electron chi connectivity index (χ1n) is 9.23. The predicted molar refractivity (Wildman–Crippen MR) is 99.8 cm³/mol. The zero-order chi connectivity index (χ0) is 18.5. The SMILES string of the molecule is CCNC(=NCCS(=O)(=O)C(C)(C)C)N1CCOC(C2CCCO2)C1. The Morgan fingerprint density at radius 3 is 2.56 bits per heavy atom. The lowest BCUT2D eigenvalue weighted by Crippen LogP contribution is -2.53. The van der Waals surface area contributed by atoms with Crippen LogP contribution in [-0.2, 0) is 19.3 Å². The molecule has 0 spiro atoms. The Morgan fingerprint density at radius 1 is 1.24 bits per heavy atom. The number of rotatable bonds is 5. The maximum absolute atomic E-state index is 12.3. The highest BCUT2D eigenvalue weighted by Crippen LogP contribution is 2.21. The number of sulfone groups is 1. The lowest BCUT2D eigenvalue weighted by atomic mass is 10.1. The molecule has 2 atom stereocenters. The second-order valence-electron chi connectivity index (χ2n) is 7.57. The van der Waals surface area contributed by atoms with E-state index in [1.807, 2.05) is 6.92 Å². The van der Waals surface area contributed by atoms with Crippen LogP contribution in [0.2, 0.25) is 0 Å². The number of hydrogen-bond donors (Lipinski definition) is 1. The molecule has 8 heteroatoms. The lowest BCUT2D eigenvalue weighted by molar-refractivity contribution is -0.0816. The van der Waals surface area contributed by atoms with Gasteiger partial charge < -0.3 is 19.7 Å². The van der Waals surface area contributed by atoms with E-state index in [1.54, 1.807) is 20.8 Å². The molecule has 0 amide bonds. The third-order valence-electron chi connectivity index (χ3n) is 4.66. The van der Waals surface area contributed by atoms with Crippen LogP contribution in [0, 0.1) is 0 Å². The third-order valence-corrected chi connectivity index (χ3v) is 7.25. The van der Waals surface area contributed by atoms with Crippen LogP contribution in [-0.4, -0.2) is 81.4 Å². The summed E-state index contributed by atoms with van der Waals surface area (Å²) in [4.78, 5) is 6.71. The summed E-state index contributed by atoms with van der Waals surface area (Å²) in [5.74, 6) is 0.822. The molecule has 2 aliphatic heterocycles. The summed E-state index contributed by atoms with van der Waals surface area (Å²) in [5, 5.41) is 3.27. The van der Waals surface area contributed by atoms with Crippen molar-refractivity contribution >= 4 is 15.8 Å². The van der Waals surface area contributed by atoms with Crippen molar-refractivity contribution < 1.29 is 17.9 Å². The molecule has 25 heavy (non-hydrogen) atoms. The van der Waals surface area contributed by atoms with Crippen LogP contribution >= 0.6 is 0 Å². The smallest absolute Gasteiger partial charge is 0.194 e. The van der Waals surface area contributed by atoms with Gasteiger partial charge in [-0.25, -0.2) is 8.42 Å². The van der Waals surface area contributed by atoms with Gasteiger partial charge in [0.25, 0.3) is 0 Å². The molecule has 0 aromatic rings. The Kier molecular flexibility index (Phi) is 7.10. The summed E-state index contributed by atoms with van der Waals surface area (Å²) < 4.78 is 35.4. The first-order chi connectivity index (χ1) is 11.7. The number of ether oxygens (including phenoxy) is 2. The molecule has 0 bridgehead atoms. The fraction of sp³-hybridized carbons (Fsp3) is 0.941. The van der Waals surface area contributed by atoms with Crippen molar-refractivity contribution in [1.29, 1.82) is 0 Å². The van der Waals surface area contributed by atoms with Crippen molar-refractivity contribution in [3.8, 4) is 0 Å². The largest absolute Gasteiger partial charge is 0.375 e. The van der Waals surface area contributed by atoms with Gasteiger partial charge in [-0.3, -0.25) is 4.99 Å². The number of morpholine rings is 1. The first-order valence-corrected chi connectivity index (χ1v) is 10.9. The van der Waals surface area contributed by atoms with Crippen molar-refractivity contribution in [2.75, 3.05) is 45.1 Å². The van der Waals surface area contributed by atoms with Crippen LogP contribution < -0.4 is 5.32 Å². The minimum atomic E-state index is -3.16. The van der Waals surface area contributed by atoms with Gasteiger partial charge in [0.2, 0.25) is 0 Å². The van der Waals surface area contributed by atoms with Gasteiger partial charge in [-0.2, -0.15) is 0 Å². The Labute approximate surface area is 152 Å². The molecule has 2 saturated heterocycles. The van der Waals surface area contributed by atoms with Crippen molar-refractivity contribution in [3.63, 3.8) is 0 Å². The first kappa shape index (κ1) is 20.5. The van der Waals surface area contributed by atoms with E-state index in [1.165, 1.54) is 0 Å². The normalized spacial score (nSPS) is 26.1. The number of nitrogens with one attached hydrogen (secondary N) is 1. The summed E-state index contributed by atoms with van der Waals surface area (Å²) >= 11 is 0. The number of nitrogens with zero attached hydrogens (tertiary/aromatic N) is 2. The molecule has 2 rings (SSSR count). The molecule has 1 N–H and O–H groups in total. The molecular weight excluding hydrogens is 342 g/mol. The zero-order valence-electron chi connectivity index (χ0n) is 16.0. The zero-order valence-corrected chi connectivity index (χ0v) is 16.8. The Bertz CT molecular complexity index is 551. The van der Waals surface area contributed by atoms with Crippen molar-refractivity contribution in [3.05, 3.63) is 0 Å². The van der Waals surface area contributed by atoms with Gasteiger partial charge in [0.15, 0.2) is 15.8 Å². The van der Waals surface area contributed by atoms with Crippen LogP contribution in [0.5, 0.6) is 0 Å². The van der Waals surface area contributed by atoms with E-state index in [4.69, 9.17) is 9.47 Å². The molecular formula is C17H33N3O4S. The van der Waals surface area contributed by atoms with Crippen LogP contribution in [0.4, 0.5) is 0 Å². The Balaban J connectivity index is 1.98. The molecule has 2 fully saturated rings. The fourth-order valence-corrected chi connectivity index (χ4v) is 3.94. The Hall–Kier alpha value is -0.860. The van der Waals surface area contributed by atoms with E-state index in [9.17, 15) is 8.42 Å². The number of aliphatic imine (C=N–C) groups is 1. The second kappa shape index (κ2) is 8.68. The summed E-state index contributed by atoms with van der Waals surface area (Å²) in [6, 6.07) is 0. The van der Waals surface area contributed by atoms with Gasteiger partial charge in [-0.1, -0.05) is 0 Å². The minimum absolute atomic E-state index is 0.0541. The van der Waals surface area contributed by atoms with Crippen molar-refractivity contribution in [1.82, 2.24) is 10.2 Å². The van der Waals surface area contributed by atoms with E-state index in [2.05, 4.69) is 15.2 Å². The molecule has 2 aliphatic rings. The maximum atomic E-state index is 12.3. The van der Waals surface area contributed by atoms with E-state index < -0.39 is 14.6 Å². The monoisotopic (exact) mass is 375 g/mol. The van der Waals surface area contributed by atoms with Crippen LogP contribution in [0.25, 0.3) is 0 Å². The van der Waals surface area contributed by atoms with Gasteiger partial charge in [0, 0.05) is 26.2 Å². The van der Waals surface area contributed by atoms with Gasteiger partial charge in [0.1, 0.15) is 6.10 Å². The molecule has 146 valence electrons. The average molecular weight is 376 g/mol. The quantitative estimate of drug-likeness (QED) is 0.571. The highest BCUT2D eigenvalue weighted by atomic mass is 32.2. The van der Waals surface area contributed by atoms with E-state index in [-0.39, 0.29) is 24.5 Å². The van der Waals surface area contributed by atoms with Crippen molar-refractivity contribution in [2.24, 2.45) is 4.99 Å². The number of guanidine groups is 1. The van der Waals surface area contributed by atoms with Crippen LogP contribution in [0.3, 0.4) is 0 Å². The molecule has 2 unspecified atom stereocenters. The molecule has 0 saturated carbocycles. The van der Waals surface area contributed by atoms with Crippen LogP contribution in [0.1, 0.15) is 40.5 Å². The number of hydrogen-bond acceptors (Lipinski definition) is 5. The molecule has 0 aliphatic carbocycles. The average Bonchev–Trinajstić information content (AvgIpc) is 3.07. The minimum Gasteiger partial charge on any atom is -0.375 e. The summed E-state index contributed by atoms with van der Waals surface area (Å²) in [5.41, 5.74) is 0. The highest BCUT2D eigenvalue weighted by Gasteiger charge is 2.32. The molecule has 0 radical (unpaired) electrons. The van der Waals surface area contributed by atoms with Gasteiger partial charge in [0.05, 0.1) is 29.8 Å². The van der Waals surface area contributed by atoms with Crippen molar-refractivity contribution in [2.45, 2.75) is 57.5 Å². The van der Waals surface area contributed by atoms with E-state index in [0.717, 1.165) is 45.0 Å². The maximum Gasteiger partial charge on any atom is 0.194 e. The summed E-state index contributed by atoms with van der Waals surface area (Å²) in [6.07, 6.45) is 2.34. The van der Waals surface area contributed by atoms with Gasteiger partial charge in [-0.05, 0) is 40.5 Å². The van der Waals surface area contributed by atoms with E-state index in [0.29, 0.717) is 6.61 Å². The molecule has 0 aromatic carbocycles. The Morgan fingerprint density at radius 2 is 1.96 bits per heavy atom. The third kappa shape index (κ3) is 5.56. The van der Waals surface area contributed by atoms with Gasteiger partial charge in [-0.15, -0.1) is 0 Å². The topological polar surface area (TPSA) is 80.2 Å². The molecule has 7 nitrogen and oxygen atoms in total. The van der Waals surface area contributed by atoms with E-state index >= 15 is 0 Å². The molecule has 2 heterocycles.